The quantitative estimate of drug-likeness (QED) is 0.417. The smallest absolute Gasteiger partial charge is 0.432 e. The maximum atomic E-state index is 11.0. The third-order valence-electron chi connectivity index (χ3n) is 2.69. The standard InChI is InChI=1S/C10H16O8.C5H8O4/c11-9-15-5-1-13-2-6-16-10(12)18-8-4-14-3-7-17-9;6-5-8-3-1-7-2-4-9-5/h1-8H2;1-4H2. The summed E-state index contributed by atoms with van der Waals surface area (Å²) >= 11 is 0. The highest BCUT2D eigenvalue weighted by Crippen LogP contribution is 1.91. The molecule has 2 aliphatic heterocycles. The van der Waals surface area contributed by atoms with Gasteiger partial charge in [0.05, 0.1) is 39.6 Å². The largest absolute Gasteiger partial charge is 0.508 e. The van der Waals surface area contributed by atoms with Crippen LogP contribution in [0, 0.1) is 0 Å². The second kappa shape index (κ2) is 15.9. The van der Waals surface area contributed by atoms with E-state index in [2.05, 4.69) is 28.4 Å². The van der Waals surface area contributed by atoms with E-state index in [1.165, 1.54) is 0 Å². The van der Waals surface area contributed by atoms with Crippen molar-refractivity contribution in [3.63, 3.8) is 0 Å². The van der Waals surface area contributed by atoms with Crippen molar-refractivity contribution in [3.8, 4) is 0 Å². The summed E-state index contributed by atoms with van der Waals surface area (Å²) < 4.78 is 42.8. The lowest BCUT2D eigenvalue weighted by Gasteiger charge is -2.10. The molecule has 2 heterocycles. The number of carbonyl (C=O) groups is 3. The third-order valence-corrected chi connectivity index (χ3v) is 2.69. The van der Waals surface area contributed by atoms with Gasteiger partial charge in [-0.25, -0.2) is 14.4 Å². The van der Waals surface area contributed by atoms with Crippen LogP contribution in [0.1, 0.15) is 0 Å². The molecule has 0 N–H and O–H groups in total. The van der Waals surface area contributed by atoms with Crippen LogP contribution in [0.15, 0.2) is 0 Å². The lowest BCUT2D eigenvalue weighted by Crippen LogP contribution is -2.19. The van der Waals surface area contributed by atoms with E-state index >= 15 is 0 Å². The molecule has 0 aromatic carbocycles. The summed E-state index contributed by atoms with van der Waals surface area (Å²) in [6.45, 7) is 2.60. The molecule has 27 heavy (non-hydrogen) atoms. The van der Waals surface area contributed by atoms with Gasteiger partial charge in [-0.1, -0.05) is 0 Å². The Morgan fingerprint density at radius 1 is 0.333 bits per heavy atom. The van der Waals surface area contributed by atoms with Gasteiger partial charge in [0.25, 0.3) is 0 Å². The van der Waals surface area contributed by atoms with E-state index in [0.717, 1.165) is 0 Å². The summed E-state index contributed by atoms with van der Waals surface area (Å²) in [6.07, 6.45) is -2.13. The SMILES string of the molecule is O=C1OCCOCCO1.O=C1OCCOCCOC(=O)OCCOCCO1. The number of carbonyl (C=O) groups excluding carboxylic acids is 3. The van der Waals surface area contributed by atoms with Crippen molar-refractivity contribution in [3.05, 3.63) is 0 Å². The second-order valence-corrected chi connectivity index (χ2v) is 4.68. The first-order chi connectivity index (χ1) is 13.2. The van der Waals surface area contributed by atoms with Gasteiger partial charge in [-0.2, -0.15) is 0 Å². The molecule has 0 radical (unpaired) electrons. The predicted molar refractivity (Wildman–Crippen MR) is 84.4 cm³/mol. The Labute approximate surface area is 155 Å². The number of hydrogen-bond acceptors (Lipinski definition) is 12. The summed E-state index contributed by atoms with van der Waals surface area (Å²) in [5, 5.41) is 0. The summed E-state index contributed by atoms with van der Waals surface area (Å²) in [4.78, 5) is 32.3. The molecule has 2 saturated heterocycles. The Bertz CT molecular complexity index is 371. The molecule has 0 aromatic heterocycles. The van der Waals surface area contributed by atoms with Crippen LogP contribution in [0.4, 0.5) is 14.4 Å². The first-order valence-corrected chi connectivity index (χ1v) is 8.30. The van der Waals surface area contributed by atoms with Gasteiger partial charge in [0, 0.05) is 0 Å². The second-order valence-electron chi connectivity index (χ2n) is 4.68. The van der Waals surface area contributed by atoms with Crippen LogP contribution in [-0.4, -0.2) is 97.7 Å². The lowest BCUT2D eigenvalue weighted by atomic mass is 10.7. The van der Waals surface area contributed by atoms with Gasteiger partial charge in [0.15, 0.2) is 0 Å². The molecule has 156 valence electrons. The summed E-state index contributed by atoms with van der Waals surface area (Å²) in [5.41, 5.74) is 0. The predicted octanol–water partition coefficient (Wildman–Crippen LogP) is 0.509. The average Bonchev–Trinajstić information content (AvgIpc) is 2.63. The maximum Gasteiger partial charge on any atom is 0.508 e. The van der Waals surface area contributed by atoms with Crippen LogP contribution in [0.2, 0.25) is 0 Å². The molecule has 0 aliphatic carbocycles. The van der Waals surface area contributed by atoms with E-state index in [9.17, 15) is 14.4 Å². The monoisotopic (exact) mass is 396 g/mol. The van der Waals surface area contributed by atoms with Gasteiger partial charge in [-0.15, -0.1) is 0 Å². The first-order valence-electron chi connectivity index (χ1n) is 8.30. The summed E-state index contributed by atoms with van der Waals surface area (Å²) in [5.74, 6) is 0. The Balaban J connectivity index is 0.000000337. The van der Waals surface area contributed by atoms with Crippen LogP contribution in [0.25, 0.3) is 0 Å². The highest BCUT2D eigenvalue weighted by Gasteiger charge is 2.07. The van der Waals surface area contributed by atoms with Crippen molar-refractivity contribution in [2.45, 2.75) is 0 Å². The van der Waals surface area contributed by atoms with Gasteiger partial charge in [-0.05, 0) is 0 Å². The maximum absolute atomic E-state index is 11.0. The molecular weight excluding hydrogens is 372 g/mol. The molecular formula is C15H24O12. The van der Waals surface area contributed by atoms with E-state index in [1.54, 1.807) is 0 Å². The van der Waals surface area contributed by atoms with E-state index in [1.807, 2.05) is 0 Å². The van der Waals surface area contributed by atoms with Gasteiger partial charge in [-0.3, -0.25) is 0 Å². The number of rotatable bonds is 0. The number of hydrogen-bond donors (Lipinski definition) is 0. The Kier molecular flexibility index (Phi) is 13.4. The fourth-order valence-electron chi connectivity index (χ4n) is 1.53. The van der Waals surface area contributed by atoms with Crippen molar-refractivity contribution < 1.29 is 57.0 Å². The number of ether oxygens (including phenoxy) is 9. The minimum Gasteiger partial charge on any atom is -0.432 e. The number of cyclic esters (lactones) is 6. The minimum absolute atomic E-state index is 0.0735. The Morgan fingerprint density at radius 3 is 0.704 bits per heavy atom. The van der Waals surface area contributed by atoms with Crippen LogP contribution >= 0.6 is 0 Å². The fourth-order valence-corrected chi connectivity index (χ4v) is 1.53. The van der Waals surface area contributed by atoms with Crippen LogP contribution < -0.4 is 0 Å². The van der Waals surface area contributed by atoms with Crippen LogP contribution in [0.5, 0.6) is 0 Å². The lowest BCUT2D eigenvalue weighted by molar-refractivity contribution is -0.0184. The zero-order chi connectivity index (χ0) is 19.6. The molecule has 0 amide bonds. The molecule has 0 atom stereocenters. The van der Waals surface area contributed by atoms with Crippen LogP contribution in [0.3, 0.4) is 0 Å². The molecule has 2 rings (SSSR count). The molecule has 0 bridgehead atoms. The summed E-state index contributed by atoms with van der Waals surface area (Å²) in [6, 6.07) is 0. The Hall–Kier alpha value is -2.31. The molecule has 2 aliphatic rings. The molecule has 2 fully saturated rings. The van der Waals surface area contributed by atoms with E-state index < -0.39 is 18.5 Å². The van der Waals surface area contributed by atoms with Crippen molar-refractivity contribution in [1.82, 2.24) is 0 Å². The molecule has 0 saturated carbocycles. The minimum atomic E-state index is -0.767. The van der Waals surface area contributed by atoms with Gasteiger partial charge >= 0.3 is 18.5 Å². The average molecular weight is 396 g/mol. The zero-order valence-corrected chi connectivity index (χ0v) is 14.9. The Morgan fingerprint density at radius 2 is 0.519 bits per heavy atom. The van der Waals surface area contributed by atoms with Crippen molar-refractivity contribution >= 4 is 18.5 Å². The van der Waals surface area contributed by atoms with Crippen molar-refractivity contribution in [1.29, 1.82) is 0 Å². The van der Waals surface area contributed by atoms with Crippen molar-refractivity contribution in [2.75, 3.05) is 79.3 Å². The van der Waals surface area contributed by atoms with Gasteiger partial charge in [0.1, 0.15) is 39.6 Å². The normalized spacial score (nSPS) is 21.1. The van der Waals surface area contributed by atoms with Gasteiger partial charge < -0.3 is 42.6 Å². The fraction of sp³-hybridized carbons (Fsp3) is 0.800. The highest BCUT2D eigenvalue weighted by atomic mass is 16.7. The van der Waals surface area contributed by atoms with E-state index in [0.29, 0.717) is 26.4 Å². The third kappa shape index (κ3) is 14.5. The van der Waals surface area contributed by atoms with Crippen LogP contribution in [-0.2, 0) is 42.6 Å². The molecule has 0 spiro atoms. The summed E-state index contributed by atoms with van der Waals surface area (Å²) in [7, 11) is 0. The topological polar surface area (TPSA) is 134 Å². The van der Waals surface area contributed by atoms with E-state index in [-0.39, 0.29) is 52.9 Å². The molecule has 0 unspecified atom stereocenters. The zero-order valence-electron chi connectivity index (χ0n) is 14.9. The highest BCUT2D eigenvalue weighted by molar-refractivity contribution is 5.60. The molecule has 12 nitrogen and oxygen atoms in total. The molecule has 0 aromatic rings. The molecule has 12 heteroatoms. The first kappa shape index (κ1) is 22.7. The van der Waals surface area contributed by atoms with Crippen molar-refractivity contribution in [2.24, 2.45) is 0 Å². The van der Waals surface area contributed by atoms with Gasteiger partial charge in [0.2, 0.25) is 0 Å². The van der Waals surface area contributed by atoms with E-state index in [4.69, 9.17) is 14.2 Å².